The van der Waals surface area contributed by atoms with E-state index >= 15 is 0 Å². The third-order valence-electron chi connectivity index (χ3n) is 3.97. The second-order valence-corrected chi connectivity index (χ2v) is 8.36. The summed E-state index contributed by atoms with van der Waals surface area (Å²) in [5.41, 5.74) is 2.02. The Bertz CT molecular complexity index is 673. The molecule has 7 heteroatoms. The number of sulfonamides is 1. The number of hydrogen-bond acceptors (Lipinski definition) is 4. The molecule has 1 aliphatic heterocycles. The predicted molar refractivity (Wildman–Crippen MR) is 92.8 cm³/mol. The number of benzene rings is 1. The standard InChI is InChI=1S/C17H26N2O4S/c1-13(2)23-12-15-7-4-6-14(10-15)11-18-17(20)16-8-5-9-19(16)24(3,21)22/h4,6-7,10,13,16H,5,8-9,11-12H2,1-3H3,(H,18,20). The van der Waals surface area contributed by atoms with Gasteiger partial charge in [0.1, 0.15) is 6.04 Å². The van der Waals surface area contributed by atoms with E-state index in [1.54, 1.807) is 0 Å². The van der Waals surface area contributed by atoms with Crippen LogP contribution in [0.5, 0.6) is 0 Å². The lowest BCUT2D eigenvalue weighted by Gasteiger charge is -2.21. The Labute approximate surface area is 144 Å². The maximum absolute atomic E-state index is 12.3. The fourth-order valence-corrected chi connectivity index (χ4v) is 3.92. The zero-order valence-electron chi connectivity index (χ0n) is 14.5. The summed E-state index contributed by atoms with van der Waals surface area (Å²) in [7, 11) is -3.35. The van der Waals surface area contributed by atoms with Crippen molar-refractivity contribution in [2.24, 2.45) is 0 Å². The highest BCUT2D eigenvalue weighted by molar-refractivity contribution is 7.88. The average Bonchev–Trinajstić information content (AvgIpc) is 3.01. The third kappa shape index (κ3) is 5.29. The van der Waals surface area contributed by atoms with Gasteiger partial charge >= 0.3 is 0 Å². The molecule has 0 saturated carbocycles. The van der Waals surface area contributed by atoms with Crippen LogP contribution < -0.4 is 5.32 Å². The molecule has 134 valence electrons. The van der Waals surface area contributed by atoms with Gasteiger partial charge in [-0.1, -0.05) is 24.3 Å². The monoisotopic (exact) mass is 354 g/mol. The number of carbonyl (C=O) groups excluding carboxylic acids is 1. The lowest BCUT2D eigenvalue weighted by molar-refractivity contribution is -0.124. The maximum atomic E-state index is 12.3. The van der Waals surface area contributed by atoms with Crippen LogP contribution in [0.4, 0.5) is 0 Å². The van der Waals surface area contributed by atoms with Crippen LogP contribution in [0.25, 0.3) is 0 Å². The molecule has 1 amide bonds. The van der Waals surface area contributed by atoms with Gasteiger partial charge in [-0.15, -0.1) is 0 Å². The van der Waals surface area contributed by atoms with Crippen molar-refractivity contribution in [1.82, 2.24) is 9.62 Å². The van der Waals surface area contributed by atoms with Crippen molar-refractivity contribution in [3.63, 3.8) is 0 Å². The molecule has 1 aliphatic rings. The maximum Gasteiger partial charge on any atom is 0.238 e. The molecule has 24 heavy (non-hydrogen) atoms. The molecule has 0 aliphatic carbocycles. The molecule has 1 atom stereocenters. The Kier molecular flexibility index (Phi) is 6.37. The van der Waals surface area contributed by atoms with E-state index in [-0.39, 0.29) is 12.0 Å². The van der Waals surface area contributed by atoms with E-state index in [9.17, 15) is 13.2 Å². The fourth-order valence-electron chi connectivity index (χ4n) is 2.80. The lowest BCUT2D eigenvalue weighted by atomic mass is 10.1. The van der Waals surface area contributed by atoms with Crippen molar-refractivity contribution in [3.05, 3.63) is 35.4 Å². The van der Waals surface area contributed by atoms with Crippen molar-refractivity contribution >= 4 is 15.9 Å². The molecular weight excluding hydrogens is 328 g/mol. The van der Waals surface area contributed by atoms with Gasteiger partial charge in [-0.05, 0) is 37.8 Å². The normalized spacial score (nSPS) is 18.9. The van der Waals surface area contributed by atoms with Gasteiger partial charge in [0, 0.05) is 13.1 Å². The van der Waals surface area contributed by atoms with Crippen LogP contribution in [-0.4, -0.2) is 43.6 Å². The largest absolute Gasteiger partial charge is 0.374 e. The second-order valence-electron chi connectivity index (χ2n) is 6.43. The SMILES string of the molecule is CC(C)OCc1cccc(CNC(=O)C2CCCN2S(C)(=O)=O)c1. The number of carbonyl (C=O) groups is 1. The molecule has 1 unspecified atom stereocenters. The van der Waals surface area contributed by atoms with Gasteiger partial charge in [-0.25, -0.2) is 8.42 Å². The summed E-state index contributed by atoms with van der Waals surface area (Å²) in [6.07, 6.45) is 2.60. The van der Waals surface area contributed by atoms with Gasteiger partial charge in [-0.3, -0.25) is 4.79 Å². The Morgan fingerprint density at radius 1 is 1.38 bits per heavy atom. The first-order chi connectivity index (χ1) is 11.3. The van der Waals surface area contributed by atoms with Gasteiger partial charge < -0.3 is 10.1 Å². The summed E-state index contributed by atoms with van der Waals surface area (Å²) < 4.78 is 30.3. The molecule has 0 aromatic heterocycles. The van der Waals surface area contributed by atoms with E-state index in [2.05, 4.69) is 5.32 Å². The minimum atomic E-state index is -3.35. The molecule has 2 rings (SSSR count). The number of nitrogens with zero attached hydrogens (tertiary/aromatic N) is 1. The summed E-state index contributed by atoms with van der Waals surface area (Å²) >= 11 is 0. The zero-order chi connectivity index (χ0) is 17.7. The molecule has 1 aromatic carbocycles. The van der Waals surface area contributed by atoms with Gasteiger partial charge in [0.15, 0.2) is 0 Å². The van der Waals surface area contributed by atoms with Crippen LogP contribution in [0, 0.1) is 0 Å². The van der Waals surface area contributed by atoms with Gasteiger partial charge in [0.05, 0.1) is 19.0 Å². The van der Waals surface area contributed by atoms with Crippen molar-refractivity contribution < 1.29 is 17.9 Å². The third-order valence-corrected chi connectivity index (χ3v) is 5.26. The first-order valence-electron chi connectivity index (χ1n) is 8.21. The van der Waals surface area contributed by atoms with Crippen molar-refractivity contribution in [2.75, 3.05) is 12.8 Å². The summed E-state index contributed by atoms with van der Waals surface area (Å²) in [5.74, 6) is -0.234. The number of rotatable bonds is 7. The summed E-state index contributed by atoms with van der Waals surface area (Å²) in [5, 5.41) is 2.85. The number of amides is 1. The van der Waals surface area contributed by atoms with E-state index < -0.39 is 16.1 Å². The second kappa shape index (κ2) is 8.09. The molecule has 1 saturated heterocycles. The van der Waals surface area contributed by atoms with Gasteiger partial charge in [-0.2, -0.15) is 4.31 Å². The molecular formula is C17H26N2O4S. The number of ether oxygens (including phenoxy) is 1. The van der Waals surface area contributed by atoms with Gasteiger partial charge in [0.25, 0.3) is 0 Å². The van der Waals surface area contributed by atoms with Crippen LogP contribution in [0.2, 0.25) is 0 Å². The Morgan fingerprint density at radius 3 is 2.75 bits per heavy atom. The Hall–Kier alpha value is -1.44. The molecule has 0 spiro atoms. The quantitative estimate of drug-likeness (QED) is 0.808. The van der Waals surface area contributed by atoms with Crippen LogP contribution in [0.1, 0.15) is 37.8 Å². The zero-order valence-corrected chi connectivity index (χ0v) is 15.3. The molecule has 1 N–H and O–H groups in total. The summed E-state index contributed by atoms with van der Waals surface area (Å²) in [4.78, 5) is 12.3. The molecule has 1 fully saturated rings. The Morgan fingerprint density at radius 2 is 2.08 bits per heavy atom. The van der Waals surface area contributed by atoms with E-state index in [1.165, 1.54) is 4.31 Å². The van der Waals surface area contributed by atoms with Crippen molar-refractivity contribution in [3.8, 4) is 0 Å². The summed E-state index contributed by atoms with van der Waals surface area (Å²) in [6.45, 7) is 5.30. The molecule has 1 aromatic rings. The minimum absolute atomic E-state index is 0.165. The fraction of sp³-hybridized carbons (Fsp3) is 0.588. The first-order valence-corrected chi connectivity index (χ1v) is 10.1. The smallest absolute Gasteiger partial charge is 0.238 e. The van der Waals surface area contributed by atoms with Crippen LogP contribution >= 0.6 is 0 Å². The molecule has 0 radical (unpaired) electrons. The molecule has 6 nitrogen and oxygen atoms in total. The molecule has 0 bridgehead atoms. The van der Waals surface area contributed by atoms with E-state index in [0.29, 0.717) is 32.5 Å². The van der Waals surface area contributed by atoms with Crippen molar-refractivity contribution in [1.29, 1.82) is 0 Å². The lowest BCUT2D eigenvalue weighted by Crippen LogP contribution is -2.45. The van der Waals surface area contributed by atoms with Crippen LogP contribution in [-0.2, 0) is 32.7 Å². The van der Waals surface area contributed by atoms with E-state index in [1.807, 2.05) is 38.1 Å². The minimum Gasteiger partial charge on any atom is -0.374 e. The Balaban J connectivity index is 1.93. The van der Waals surface area contributed by atoms with E-state index in [0.717, 1.165) is 17.4 Å². The highest BCUT2D eigenvalue weighted by atomic mass is 32.2. The van der Waals surface area contributed by atoms with Gasteiger partial charge in [0.2, 0.25) is 15.9 Å². The number of hydrogen-bond donors (Lipinski definition) is 1. The highest BCUT2D eigenvalue weighted by Gasteiger charge is 2.36. The average molecular weight is 354 g/mol. The van der Waals surface area contributed by atoms with Crippen LogP contribution in [0.3, 0.4) is 0 Å². The summed E-state index contributed by atoms with van der Waals surface area (Å²) in [6, 6.07) is 7.25. The van der Waals surface area contributed by atoms with E-state index in [4.69, 9.17) is 4.74 Å². The highest BCUT2D eigenvalue weighted by Crippen LogP contribution is 2.20. The number of nitrogens with one attached hydrogen (secondary N) is 1. The van der Waals surface area contributed by atoms with Crippen LogP contribution in [0.15, 0.2) is 24.3 Å². The molecule has 1 heterocycles. The predicted octanol–water partition coefficient (Wildman–Crippen LogP) is 1.65. The first kappa shape index (κ1) is 18.9. The topological polar surface area (TPSA) is 75.7 Å². The van der Waals surface area contributed by atoms with Crippen molar-refractivity contribution in [2.45, 2.75) is 52.0 Å².